The van der Waals surface area contributed by atoms with E-state index in [1.807, 2.05) is 24.3 Å². The van der Waals surface area contributed by atoms with Crippen molar-refractivity contribution in [3.8, 4) is 0 Å². The molecule has 3 aromatic rings. The summed E-state index contributed by atoms with van der Waals surface area (Å²) < 4.78 is 2.27. The molecule has 2 heterocycles. The van der Waals surface area contributed by atoms with E-state index in [2.05, 4.69) is 14.9 Å². The first kappa shape index (κ1) is 17.5. The van der Waals surface area contributed by atoms with Gasteiger partial charge in [-0.1, -0.05) is 31.7 Å². The first-order valence-electron chi connectivity index (χ1n) is 9.61. The Morgan fingerprint density at radius 1 is 1.15 bits per heavy atom. The number of carboxylic acid groups (broad SMARTS) is 1. The number of nitrogens with zero attached hydrogens (tertiary/aromatic N) is 3. The second kappa shape index (κ2) is 7.78. The lowest BCUT2D eigenvalue weighted by Crippen LogP contribution is -2.13. The fourth-order valence-corrected chi connectivity index (χ4v) is 3.91. The van der Waals surface area contributed by atoms with E-state index in [1.54, 1.807) is 18.3 Å². The van der Waals surface area contributed by atoms with Gasteiger partial charge in [0.25, 0.3) is 0 Å². The smallest absolute Gasteiger partial charge is 0.335 e. The van der Waals surface area contributed by atoms with Crippen LogP contribution in [0.5, 0.6) is 0 Å². The van der Waals surface area contributed by atoms with Crippen LogP contribution in [0.3, 0.4) is 0 Å². The van der Waals surface area contributed by atoms with Crippen LogP contribution in [-0.4, -0.2) is 25.6 Å². The Morgan fingerprint density at radius 3 is 2.67 bits per heavy atom. The van der Waals surface area contributed by atoms with Gasteiger partial charge in [0, 0.05) is 12.2 Å². The minimum Gasteiger partial charge on any atom is -0.478 e. The number of anilines is 1. The molecule has 0 spiro atoms. The summed E-state index contributed by atoms with van der Waals surface area (Å²) in [7, 11) is 0. The van der Waals surface area contributed by atoms with E-state index in [0.717, 1.165) is 35.5 Å². The third kappa shape index (κ3) is 3.79. The molecule has 1 fully saturated rings. The molecule has 0 amide bonds. The van der Waals surface area contributed by atoms with Crippen LogP contribution >= 0.6 is 0 Å². The molecule has 6 nitrogen and oxygen atoms in total. The van der Waals surface area contributed by atoms with Crippen molar-refractivity contribution in [2.45, 2.75) is 51.1 Å². The van der Waals surface area contributed by atoms with Crippen LogP contribution in [0, 0.1) is 0 Å². The van der Waals surface area contributed by atoms with E-state index < -0.39 is 5.97 Å². The van der Waals surface area contributed by atoms with Crippen molar-refractivity contribution in [3.05, 3.63) is 53.9 Å². The molecule has 0 unspecified atom stereocenters. The lowest BCUT2D eigenvalue weighted by molar-refractivity contribution is 0.0697. The summed E-state index contributed by atoms with van der Waals surface area (Å²) in [5.41, 5.74) is 2.94. The molecule has 6 heteroatoms. The first-order chi connectivity index (χ1) is 13.2. The minimum absolute atomic E-state index is 0.268. The van der Waals surface area contributed by atoms with Crippen LogP contribution in [-0.2, 0) is 6.54 Å². The van der Waals surface area contributed by atoms with Gasteiger partial charge in [0.05, 0.1) is 28.8 Å². The van der Waals surface area contributed by atoms with Crippen molar-refractivity contribution in [1.29, 1.82) is 0 Å². The van der Waals surface area contributed by atoms with Crippen LogP contribution < -0.4 is 5.32 Å². The fraction of sp³-hybridized carbons (Fsp3) is 0.381. The number of rotatable bonds is 5. The standard InChI is InChI=1S/C21H24N4O2/c26-20(27)15-10-11-19-18(13-15)24-21(23-14-16-7-5-6-12-22-16)25(19)17-8-3-1-2-4-9-17/h5-7,10-13,17H,1-4,8-9,14H2,(H,23,24)(H,26,27). The highest BCUT2D eigenvalue weighted by atomic mass is 16.4. The minimum atomic E-state index is -0.927. The SMILES string of the molecule is O=C(O)c1ccc2c(c1)nc(NCc1ccccn1)n2C1CCCCCC1. The highest BCUT2D eigenvalue weighted by molar-refractivity contribution is 5.93. The average molecular weight is 364 g/mol. The number of aromatic nitrogens is 3. The van der Waals surface area contributed by atoms with Crippen LogP contribution in [0.15, 0.2) is 42.6 Å². The maximum atomic E-state index is 11.3. The highest BCUT2D eigenvalue weighted by Crippen LogP contribution is 2.34. The summed E-state index contributed by atoms with van der Waals surface area (Å²) in [6, 6.07) is 11.5. The molecule has 0 aliphatic heterocycles. The van der Waals surface area contributed by atoms with Crippen LogP contribution in [0.25, 0.3) is 11.0 Å². The molecule has 1 aromatic carbocycles. The zero-order valence-corrected chi connectivity index (χ0v) is 15.3. The fourth-order valence-electron chi connectivity index (χ4n) is 3.91. The Bertz CT molecular complexity index is 928. The molecule has 0 radical (unpaired) electrons. The van der Waals surface area contributed by atoms with Crippen molar-refractivity contribution >= 4 is 23.0 Å². The monoisotopic (exact) mass is 364 g/mol. The van der Waals surface area contributed by atoms with Gasteiger partial charge in [0.15, 0.2) is 0 Å². The predicted octanol–water partition coefficient (Wildman–Crippen LogP) is 4.64. The Hall–Kier alpha value is -2.89. The van der Waals surface area contributed by atoms with Gasteiger partial charge in [0.2, 0.25) is 5.95 Å². The number of benzene rings is 1. The normalized spacial score (nSPS) is 15.6. The summed E-state index contributed by atoms with van der Waals surface area (Å²) >= 11 is 0. The third-order valence-corrected chi connectivity index (χ3v) is 5.28. The maximum absolute atomic E-state index is 11.3. The molecule has 1 aliphatic rings. The molecule has 27 heavy (non-hydrogen) atoms. The lowest BCUT2D eigenvalue weighted by Gasteiger charge is -2.20. The van der Waals surface area contributed by atoms with Gasteiger partial charge in [-0.05, 0) is 43.2 Å². The Morgan fingerprint density at radius 2 is 1.96 bits per heavy atom. The number of imidazole rings is 1. The van der Waals surface area contributed by atoms with E-state index in [0.29, 0.717) is 12.6 Å². The molecule has 140 valence electrons. The van der Waals surface area contributed by atoms with Gasteiger partial charge in [0.1, 0.15) is 0 Å². The summed E-state index contributed by atoms with van der Waals surface area (Å²) in [5, 5.41) is 12.7. The highest BCUT2D eigenvalue weighted by Gasteiger charge is 2.21. The van der Waals surface area contributed by atoms with Gasteiger partial charge in [-0.3, -0.25) is 4.98 Å². The topological polar surface area (TPSA) is 80.0 Å². The summed E-state index contributed by atoms with van der Waals surface area (Å²) in [4.78, 5) is 20.4. The predicted molar refractivity (Wildman–Crippen MR) is 105 cm³/mol. The zero-order valence-electron chi connectivity index (χ0n) is 15.3. The summed E-state index contributed by atoms with van der Waals surface area (Å²) in [6.07, 6.45) is 9.04. The van der Waals surface area contributed by atoms with Gasteiger partial charge in [-0.15, -0.1) is 0 Å². The van der Waals surface area contributed by atoms with Crippen LogP contribution in [0.1, 0.15) is 60.6 Å². The van der Waals surface area contributed by atoms with Gasteiger partial charge >= 0.3 is 5.97 Å². The molecular formula is C21H24N4O2. The van der Waals surface area contributed by atoms with E-state index in [4.69, 9.17) is 4.98 Å². The molecule has 0 bridgehead atoms. The number of carboxylic acids is 1. The van der Waals surface area contributed by atoms with Crippen molar-refractivity contribution < 1.29 is 9.90 Å². The number of hydrogen-bond acceptors (Lipinski definition) is 4. The number of pyridine rings is 1. The summed E-state index contributed by atoms with van der Waals surface area (Å²) in [6.45, 7) is 0.586. The quantitative estimate of drug-likeness (QED) is 0.645. The second-order valence-corrected chi connectivity index (χ2v) is 7.13. The number of nitrogens with one attached hydrogen (secondary N) is 1. The first-order valence-corrected chi connectivity index (χ1v) is 9.61. The van der Waals surface area contributed by atoms with Crippen molar-refractivity contribution in [1.82, 2.24) is 14.5 Å². The van der Waals surface area contributed by atoms with Crippen molar-refractivity contribution in [2.24, 2.45) is 0 Å². The third-order valence-electron chi connectivity index (χ3n) is 5.28. The molecule has 1 saturated carbocycles. The Labute approximate surface area is 158 Å². The van der Waals surface area contributed by atoms with Crippen molar-refractivity contribution in [2.75, 3.05) is 5.32 Å². The van der Waals surface area contributed by atoms with Gasteiger partial charge < -0.3 is 15.0 Å². The molecule has 0 saturated heterocycles. The number of aromatic carboxylic acids is 1. The van der Waals surface area contributed by atoms with Crippen molar-refractivity contribution in [3.63, 3.8) is 0 Å². The van der Waals surface area contributed by atoms with E-state index >= 15 is 0 Å². The van der Waals surface area contributed by atoms with Crippen LogP contribution in [0.4, 0.5) is 5.95 Å². The average Bonchev–Trinajstić information content (AvgIpc) is 2.85. The Kier molecular flexibility index (Phi) is 5.05. The molecule has 0 atom stereocenters. The van der Waals surface area contributed by atoms with E-state index in [1.165, 1.54) is 25.7 Å². The van der Waals surface area contributed by atoms with Gasteiger partial charge in [-0.2, -0.15) is 0 Å². The van der Waals surface area contributed by atoms with E-state index in [-0.39, 0.29) is 5.56 Å². The Balaban J connectivity index is 1.72. The van der Waals surface area contributed by atoms with Gasteiger partial charge in [-0.25, -0.2) is 9.78 Å². The molecule has 4 rings (SSSR count). The molecule has 1 aliphatic carbocycles. The molecule has 2 aromatic heterocycles. The largest absolute Gasteiger partial charge is 0.478 e. The number of hydrogen-bond donors (Lipinski definition) is 2. The zero-order chi connectivity index (χ0) is 18.6. The number of carbonyl (C=O) groups is 1. The number of fused-ring (bicyclic) bond motifs is 1. The molecular weight excluding hydrogens is 340 g/mol. The second-order valence-electron chi connectivity index (χ2n) is 7.13. The summed E-state index contributed by atoms with van der Waals surface area (Å²) in [5.74, 6) is -0.131. The van der Waals surface area contributed by atoms with Crippen LogP contribution in [0.2, 0.25) is 0 Å². The maximum Gasteiger partial charge on any atom is 0.335 e. The molecule has 2 N–H and O–H groups in total. The lowest BCUT2D eigenvalue weighted by atomic mass is 10.1. The van der Waals surface area contributed by atoms with E-state index in [9.17, 15) is 9.90 Å².